The predicted molar refractivity (Wildman–Crippen MR) is 94.1 cm³/mol. The van der Waals surface area contributed by atoms with Crippen LogP contribution >= 0.6 is 0 Å². The lowest BCUT2D eigenvalue weighted by atomic mass is 9.96. The lowest BCUT2D eigenvalue weighted by molar-refractivity contribution is -0.146. The molecule has 0 saturated carbocycles. The lowest BCUT2D eigenvalue weighted by Crippen LogP contribution is -2.50. The molecule has 2 aliphatic heterocycles. The van der Waals surface area contributed by atoms with E-state index in [1.165, 1.54) is 23.1 Å². The zero-order valence-corrected chi connectivity index (χ0v) is 15.2. The van der Waals surface area contributed by atoms with E-state index >= 15 is 0 Å². The number of carboxylic acids is 1. The molecule has 0 spiro atoms. The van der Waals surface area contributed by atoms with E-state index in [-0.39, 0.29) is 17.2 Å². The smallest absolute Gasteiger partial charge is 0.387 e. The summed E-state index contributed by atoms with van der Waals surface area (Å²) in [5.74, 6) is -2.28. The summed E-state index contributed by atoms with van der Waals surface area (Å²) in [5, 5.41) is 9.08. The molecule has 0 radical (unpaired) electrons. The molecule has 3 rings (SSSR count). The molecule has 1 aromatic carbocycles. The average Bonchev–Trinajstić information content (AvgIpc) is 3.16. The number of para-hydroxylation sites is 1. The first-order valence-corrected chi connectivity index (χ1v) is 9.25. The van der Waals surface area contributed by atoms with Crippen molar-refractivity contribution in [3.63, 3.8) is 0 Å². The van der Waals surface area contributed by atoms with Crippen LogP contribution in [-0.4, -0.2) is 65.0 Å². The van der Waals surface area contributed by atoms with Crippen molar-refractivity contribution in [3.8, 4) is 5.75 Å². The van der Waals surface area contributed by atoms with Crippen molar-refractivity contribution in [2.24, 2.45) is 5.92 Å². The molecule has 0 aromatic heterocycles. The molecule has 28 heavy (non-hydrogen) atoms. The maximum atomic E-state index is 12.9. The number of halogens is 2. The summed E-state index contributed by atoms with van der Waals surface area (Å²) in [6.45, 7) is -2.04. The van der Waals surface area contributed by atoms with E-state index in [9.17, 15) is 23.2 Å². The number of ether oxygens (including phenoxy) is 1. The molecule has 0 aliphatic carbocycles. The van der Waals surface area contributed by atoms with Crippen LogP contribution in [0.15, 0.2) is 24.3 Å². The molecule has 152 valence electrons. The summed E-state index contributed by atoms with van der Waals surface area (Å²) >= 11 is 0. The van der Waals surface area contributed by atoms with Crippen LogP contribution in [0.1, 0.15) is 36.0 Å². The van der Waals surface area contributed by atoms with Gasteiger partial charge in [0.1, 0.15) is 11.8 Å². The van der Waals surface area contributed by atoms with Crippen LogP contribution in [-0.2, 0) is 9.59 Å². The lowest BCUT2D eigenvalue weighted by Gasteiger charge is -2.34. The van der Waals surface area contributed by atoms with Crippen LogP contribution in [0.4, 0.5) is 8.78 Å². The highest BCUT2D eigenvalue weighted by Gasteiger charge is 2.39. The molecular formula is C19H22F2N2O5. The first kappa shape index (κ1) is 20.0. The van der Waals surface area contributed by atoms with Crippen molar-refractivity contribution in [2.75, 3.05) is 19.6 Å². The van der Waals surface area contributed by atoms with Gasteiger partial charge < -0.3 is 19.6 Å². The number of amides is 2. The van der Waals surface area contributed by atoms with Gasteiger partial charge in [-0.25, -0.2) is 0 Å². The van der Waals surface area contributed by atoms with Crippen LogP contribution in [0.5, 0.6) is 5.75 Å². The normalized spacial score (nSPS) is 20.5. The highest BCUT2D eigenvalue weighted by molar-refractivity contribution is 6.00. The summed E-state index contributed by atoms with van der Waals surface area (Å²) in [5.41, 5.74) is -0.00733. The van der Waals surface area contributed by atoms with Gasteiger partial charge in [-0.3, -0.25) is 14.4 Å². The highest BCUT2D eigenvalue weighted by atomic mass is 19.3. The topological polar surface area (TPSA) is 87.2 Å². The van der Waals surface area contributed by atoms with Gasteiger partial charge in [0.25, 0.3) is 5.91 Å². The molecule has 2 fully saturated rings. The Morgan fingerprint density at radius 2 is 1.75 bits per heavy atom. The molecular weight excluding hydrogens is 374 g/mol. The number of nitrogens with zero attached hydrogens (tertiary/aromatic N) is 2. The SMILES string of the molecule is O=C(O)C1CCN(C(=O)C2CCCN2C(=O)c2ccccc2OC(F)F)CC1. The number of aliphatic carboxylic acids is 1. The van der Waals surface area contributed by atoms with E-state index in [0.29, 0.717) is 45.3 Å². The maximum Gasteiger partial charge on any atom is 0.387 e. The molecule has 7 nitrogen and oxygen atoms in total. The number of rotatable bonds is 5. The average molecular weight is 396 g/mol. The van der Waals surface area contributed by atoms with Crippen molar-refractivity contribution < 1.29 is 33.0 Å². The Balaban J connectivity index is 1.72. The number of carbonyl (C=O) groups excluding carboxylic acids is 2. The summed E-state index contributed by atoms with van der Waals surface area (Å²) < 4.78 is 29.7. The Labute approximate surface area is 160 Å². The van der Waals surface area contributed by atoms with E-state index in [1.807, 2.05) is 0 Å². The van der Waals surface area contributed by atoms with Gasteiger partial charge in [0.2, 0.25) is 5.91 Å². The Bertz CT molecular complexity index is 750. The summed E-state index contributed by atoms with van der Waals surface area (Å²) in [7, 11) is 0. The standard InChI is InChI=1S/C19H22F2N2O5/c20-19(21)28-15-6-2-1-4-13(15)16(24)23-9-3-5-14(23)17(25)22-10-7-12(8-11-22)18(26)27/h1-2,4,6,12,14,19H,3,5,7-11H2,(H,26,27). The summed E-state index contributed by atoms with van der Waals surface area (Å²) in [6.07, 6.45) is 1.88. The van der Waals surface area contributed by atoms with Crippen molar-refractivity contribution in [3.05, 3.63) is 29.8 Å². The number of hydrogen-bond acceptors (Lipinski definition) is 4. The molecule has 1 atom stereocenters. The van der Waals surface area contributed by atoms with Gasteiger partial charge in [-0.05, 0) is 37.8 Å². The second kappa shape index (κ2) is 8.53. The Kier molecular flexibility index (Phi) is 6.11. The van der Waals surface area contributed by atoms with E-state index in [4.69, 9.17) is 5.11 Å². The second-order valence-electron chi connectivity index (χ2n) is 6.97. The van der Waals surface area contributed by atoms with Crippen LogP contribution in [0.25, 0.3) is 0 Å². The van der Waals surface area contributed by atoms with Crippen molar-refractivity contribution in [2.45, 2.75) is 38.3 Å². The number of alkyl halides is 2. The minimum absolute atomic E-state index is 0.00733. The minimum Gasteiger partial charge on any atom is -0.481 e. The predicted octanol–water partition coefficient (Wildman–Crippen LogP) is 2.22. The molecule has 1 N–H and O–H groups in total. The highest BCUT2D eigenvalue weighted by Crippen LogP contribution is 2.28. The molecule has 2 aliphatic rings. The number of carboxylic acid groups (broad SMARTS) is 1. The number of piperidine rings is 1. The van der Waals surface area contributed by atoms with Crippen molar-refractivity contribution in [1.29, 1.82) is 0 Å². The summed E-state index contributed by atoms with van der Waals surface area (Å²) in [6, 6.07) is 5.07. The van der Waals surface area contributed by atoms with Gasteiger partial charge in [-0.2, -0.15) is 8.78 Å². The Hall–Kier alpha value is -2.71. The number of likely N-dealkylation sites (tertiary alicyclic amines) is 2. The molecule has 1 aromatic rings. The van der Waals surface area contributed by atoms with E-state index in [2.05, 4.69) is 4.74 Å². The zero-order valence-electron chi connectivity index (χ0n) is 15.2. The fourth-order valence-electron chi connectivity index (χ4n) is 3.82. The fourth-order valence-corrected chi connectivity index (χ4v) is 3.82. The fraction of sp³-hybridized carbons (Fsp3) is 0.526. The minimum atomic E-state index is -3.06. The third-order valence-electron chi connectivity index (χ3n) is 5.29. The van der Waals surface area contributed by atoms with Gasteiger partial charge in [-0.15, -0.1) is 0 Å². The zero-order chi connectivity index (χ0) is 20.3. The first-order chi connectivity index (χ1) is 13.4. The van der Waals surface area contributed by atoms with E-state index in [1.54, 1.807) is 11.0 Å². The van der Waals surface area contributed by atoms with Gasteiger partial charge >= 0.3 is 12.6 Å². The van der Waals surface area contributed by atoms with E-state index in [0.717, 1.165) is 0 Å². The van der Waals surface area contributed by atoms with Crippen molar-refractivity contribution in [1.82, 2.24) is 9.80 Å². The number of hydrogen-bond donors (Lipinski definition) is 1. The molecule has 2 amide bonds. The molecule has 9 heteroatoms. The third kappa shape index (κ3) is 4.23. The summed E-state index contributed by atoms with van der Waals surface area (Å²) in [4.78, 5) is 39.9. The van der Waals surface area contributed by atoms with Gasteiger partial charge in [0.15, 0.2) is 0 Å². The van der Waals surface area contributed by atoms with Crippen molar-refractivity contribution >= 4 is 17.8 Å². The maximum absolute atomic E-state index is 12.9. The van der Waals surface area contributed by atoms with E-state index < -0.39 is 30.4 Å². The van der Waals surface area contributed by atoms with Gasteiger partial charge in [0.05, 0.1) is 11.5 Å². The first-order valence-electron chi connectivity index (χ1n) is 9.25. The molecule has 0 bridgehead atoms. The number of carbonyl (C=O) groups is 3. The monoisotopic (exact) mass is 396 g/mol. The molecule has 2 saturated heterocycles. The van der Waals surface area contributed by atoms with Crippen LogP contribution in [0.3, 0.4) is 0 Å². The Morgan fingerprint density at radius 3 is 2.39 bits per heavy atom. The van der Waals surface area contributed by atoms with Gasteiger partial charge in [0, 0.05) is 19.6 Å². The van der Waals surface area contributed by atoms with Crippen LogP contribution < -0.4 is 4.74 Å². The number of benzene rings is 1. The quantitative estimate of drug-likeness (QED) is 0.825. The van der Waals surface area contributed by atoms with Crippen LogP contribution in [0, 0.1) is 5.92 Å². The molecule has 1 unspecified atom stereocenters. The van der Waals surface area contributed by atoms with Gasteiger partial charge in [-0.1, -0.05) is 12.1 Å². The Morgan fingerprint density at radius 1 is 1.07 bits per heavy atom. The van der Waals surface area contributed by atoms with Crippen LogP contribution in [0.2, 0.25) is 0 Å². The second-order valence-corrected chi connectivity index (χ2v) is 6.97. The molecule has 2 heterocycles. The largest absolute Gasteiger partial charge is 0.481 e. The third-order valence-corrected chi connectivity index (χ3v) is 5.29.